The van der Waals surface area contributed by atoms with Crippen molar-refractivity contribution in [1.29, 1.82) is 0 Å². The van der Waals surface area contributed by atoms with Crippen LogP contribution in [-0.4, -0.2) is 51.9 Å². The number of hydrogen-bond acceptors (Lipinski definition) is 4. The Hall–Kier alpha value is -1.10. The molecule has 2 rings (SSSR count). The smallest absolute Gasteiger partial charge is 0.124 e. The van der Waals surface area contributed by atoms with Gasteiger partial charge in [-0.05, 0) is 20.2 Å². The lowest BCUT2D eigenvalue weighted by molar-refractivity contribution is 0.0813. The second-order valence-corrected chi connectivity index (χ2v) is 4.66. The topological polar surface area (TPSA) is 33.7 Å². The molecule has 2 atom stereocenters. The fourth-order valence-corrected chi connectivity index (χ4v) is 2.48. The van der Waals surface area contributed by atoms with Crippen molar-refractivity contribution in [2.75, 3.05) is 41.0 Å². The fourth-order valence-electron chi connectivity index (χ4n) is 2.48. The van der Waals surface area contributed by atoms with Crippen molar-refractivity contribution in [1.82, 2.24) is 10.2 Å². The lowest BCUT2D eigenvalue weighted by Crippen LogP contribution is -2.48. The van der Waals surface area contributed by atoms with Crippen LogP contribution in [0, 0.1) is 0 Å². The molecule has 1 aromatic rings. The highest BCUT2D eigenvalue weighted by molar-refractivity contribution is 5.38. The molecular formula is C14H22N2O2. The van der Waals surface area contributed by atoms with Gasteiger partial charge >= 0.3 is 0 Å². The zero-order chi connectivity index (χ0) is 13.0. The Morgan fingerprint density at radius 1 is 1.44 bits per heavy atom. The first-order chi connectivity index (χ1) is 8.77. The van der Waals surface area contributed by atoms with Crippen molar-refractivity contribution >= 4 is 0 Å². The van der Waals surface area contributed by atoms with Crippen LogP contribution in [0.1, 0.15) is 11.6 Å². The Balaban J connectivity index is 2.14. The van der Waals surface area contributed by atoms with Gasteiger partial charge in [-0.2, -0.15) is 0 Å². The van der Waals surface area contributed by atoms with E-state index in [-0.39, 0.29) is 0 Å². The first-order valence-electron chi connectivity index (χ1n) is 6.36. The first kappa shape index (κ1) is 13.3. The average molecular weight is 250 g/mol. The highest BCUT2D eigenvalue weighted by atomic mass is 16.5. The molecule has 1 heterocycles. The van der Waals surface area contributed by atoms with E-state index in [4.69, 9.17) is 9.47 Å². The van der Waals surface area contributed by atoms with Crippen LogP contribution in [0.3, 0.4) is 0 Å². The molecular weight excluding hydrogens is 228 g/mol. The van der Waals surface area contributed by atoms with Crippen LogP contribution >= 0.6 is 0 Å². The summed E-state index contributed by atoms with van der Waals surface area (Å²) in [5, 5.41) is 3.41. The number of methoxy groups -OCH3 is 1. The van der Waals surface area contributed by atoms with Crippen LogP contribution < -0.4 is 10.1 Å². The van der Waals surface area contributed by atoms with E-state index in [1.165, 1.54) is 5.56 Å². The van der Waals surface area contributed by atoms with Gasteiger partial charge in [0.25, 0.3) is 0 Å². The minimum Gasteiger partial charge on any atom is -0.492 e. The van der Waals surface area contributed by atoms with Gasteiger partial charge in [-0.25, -0.2) is 0 Å². The van der Waals surface area contributed by atoms with Gasteiger partial charge < -0.3 is 14.8 Å². The van der Waals surface area contributed by atoms with Crippen LogP contribution in [0.15, 0.2) is 24.3 Å². The van der Waals surface area contributed by atoms with Crippen molar-refractivity contribution in [3.8, 4) is 5.75 Å². The predicted molar refractivity (Wildman–Crippen MR) is 72.0 cm³/mol. The van der Waals surface area contributed by atoms with Crippen molar-refractivity contribution in [2.45, 2.75) is 12.1 Å². The summed E-state index contributed by atoms with van der Waals surface area (Å²) in [4.78, 5) is 2.29. The van der Waals surface area contributed by atoms with Crippen molar-refractivity contribution in [2.24, 2.45) is 0 Å². The summed E-state index contributed by atoms with van der Waals surface area (Å²) in [6, 6.07) is 8.87. The molecule has 1 aliphatic rings. The minimum absolute atomic E-state index is 0.303. The van der Waals surface area contributed by atoms with E-state index >= 15 is 0 Å². The molecule has 0 spiro atoms. The highest BCUT2D eigenvalue weighted by Crippen LogP contribution is 2.33. The summed E-state index contributed by atoms with van der Waals surface area (Å²) in [6.45, 7) is 2.36. The van der Waals surface area contributed by atoms with Crippen molar-refractivity contribution < 1.29 is 9.47 Å². The van der Waals surface area contributed by atoms with Gasteiger partial charge in [0.2, 0.25) is 0 Å². The predicted octanol–water partition coefficient (Wildman–Crippen LogP) is 1.29. The van der Waals surface area contributed by atoms with E-state index in [1.54, 1.807) is 7.11 Å². The molecule has 0 fully saturated rings. The van der Waals surface area contributed by atoms with Gasteiger partial charge in [0.05, 0.1) is 18.7 Å². The summed E-state index contributed by atoms with van der Waals surface area (Å²) < 4.78 is 11.0. The third-order valence-electron chi connectivity index (χ3n) is 3.57. The summed E-state index contributed by atoms with van der Waals surface area (Å²) in [6.07, 6.45) is 0. The molecule has 0 bridgehead atoms. The fraction of sp³-hybridized carbons (Fsp3) is 0.571. The summed E-state index contributed by atoms with van der Waals surface area (Å²) in [7, 11) is 5.85. The van der Waals surface area contributed by atoms with Gasteiger partial charge in [-0.3, -0.25) is 4.90 Å². The summed E-state index contributed by atoms with van der Waals surface area (Å²) in [5.74, 6) is 0.994. The third kappa shape index (κ3) is 2.66. The number of rotatable bonds is 5. The molecule has 0 aromatic heterocycles. The molecule has 1 N–H and O–H groups in total. The number of hydrogen-bond donors (Lipinski definition) is 1. The molecule has 100 valence electrons. The molecule has 0 amide bonds. The van der Waals surface area contributed by atoms with E-state index in [0.717, 1.165) is 18.9 Å². The van der Waals surface area contributed by atoms with Crippen LogP contribution in [0.5, 0.6) is 5.75 Å². The Morgan fingerprint density at radius 3 is 2.94 bits per heavy atom. The van der Waals surface area contributed by atoms with Gasteiger partial charge in [0.1, 0.15) is 12.4 Å². The Morgan fingerprint density at radius 2 is 2.22 bits per heavy atom. The van der Waals surface area contributed by atoms with Gasteiger partial charge in [-0.15, -0.1) is 0 Å². The van der Waals surface area contributed by atoms with E-state index < -0.39 is 0 Å². The summed E-state index contributed by atoms with van der Waals surface area (Å²) >= 11 is 0. The Kier molecular flexibility index (Phi) is 4.58. The normalized spacial score (nSPS) is 22.7. The molecule has 0 radical (unpaired) electrons. The van der Waals surface area contributed by atoms with E-state index in [9.17, 15) is 0 Å². The van der Waals surface area contributed by atoms with Crippen LogP contribution in [0.25, 0.3) is 0 Å². The number of nitrogens with zero attached hydrogens (tertiary/aromatic N) is 1. The van der Waals surface area contributed by atoms with Gasteiger partial charge in [-0.1, -0.05) is 18.2 Å². The van der Waals surface area contributed by atoms with E-state index in [2.05, 4.69) is 29.4 Å². The van der Waals surface area contributed by atoms with Crippen LogP contribution in [0.4, 0.5) is 0 Å². The van der Waals surface area contributed by atoms with Crippen LogP contribution in [-0.2, 0) is 4.74 Å². The largest absolute Gasteiger partial charge is 0.492 e. The van der Waals surface area contributed by atoms with Gasteiger partial charge in [0.15, 0.2) is 0 Å². The number of ether oxygens (including phenoxy) is 2. The number of fused-ring (bicyclic) bond motifs is 1. The molecule has 1 aromatic carbocycles. The quantitative estimate of drug-likeness (QED) is 0.854. The lowest BCUT2D eigenvalue weighted by atomic mass is 9.95. The monoisotopic (exact) mass is 250 g/mol. The SMILES string of the molecule is CNC1c2ccccc2OCC1N(C)CCOC. The second-order valence-electron chi connectivity index (χ2n) is 4.66. The molecule has 1 aliphatic heterocycles. The maximum absolute atomic E-state index is 5.85. The van der Waals surface area contributed by atoms with E-state index in [1.807, 2.05) is 19.2 Å². The number of likely N-dealkylation sites (N-methyl/N-ethyl adjacent to an activating group) is 2. The van der Waals surface area contributed by atoms with Crippen LogP contribution in [0.2, 0.25) is 0 Å². The molecule has 4 nitrogen and oxygen atoms in total. The zero-order valence-electron chi connectivity index (χ0n) is 11.3. The molecule has 2 unspecified atom stereocenters. The standard InChI is InChI=1S/C14H22N2O2/c1-15-14-11-6-4-5-7-13(11)18-10-12(14)16(2)8-9-17-3/h4-7,12,14-15H,8-10H2,1-3H3. The third-order valence-corrected chi connectivity index (χ3v) is 3.57. The number of benzene rings is 1. The zero-order valence-corrected chi connectivity index (χ0v) is 11.3. The van der Waals surface area contributed by atoms with Crippen molar-refractivity contribution in [3.05, 3.63) is 29.8 Å². The van der Waals surface area contributed by atoms with Gasteiger partial charge in [0, 0.05) is 19.2 Å². The molecule has 0 saturated heterocycles. The Labute approximate surface area is 109 Å². The molecule has 18 heavy (non-hydrogen) atoms. The maximum Gasteiger partial charge on any atom is 0.124 e. The number of para-hydroxylation sites is 1. The second kappa shape index (κ2) is 6.18. The Bertz CT molecular complexity index is 384. The molecule has 0 saturated carbocycles. The maximum atomic E-state index is 5.85. The lowest BCUT2D eigenvalue weighted by Gasteiger charge is -2.38. The number of nitrogens with one attached hydrogen (secondary N) is 1. The van der Waals surface area contributed by atoms with E-state index in [0.29, 0.717) is 18.7 Å². The first-order valence-corrected chi connectivity index (χ1v) is 6.36. The molecule has 4 heteroatoms. The summed E-state index contributed by atoms with van der Waals surface area (Å²) in [5.41, 5.74) is 1.24. The minimum atomic E-state index is 0.303. The van der Waals surface area contributed by atoms with Crippen molar-refractivity contribution in [3.63, 3.8) is 0 Å². The average Bonchev–Trinajstić information content (AvgIpc) is 2.43. The highest BCUT2D eigenvalue weighted by Gasteiger charge is 2.32. The molecule has 0 aliphatic carbocycles.